The topological polar surface area (TPSA) is 41.9 Å². The number of nitrogens with zero attached hydrogens (tertiary/aromatic N) is 1. The molecule has 0 unspecified atom stereocenters. The van der Waals surface area contributed by atoms with Crippen molar-refractivity contribution < 1.29 is 14.6 Å². The second kappa shape index (κ2) is 28.2. The van der Waals surface area contributed by atoms with Gasteiger partial charge in [0.05, 0.1) is 18.8 Å². The fourth-order valence-electron chi connectivity index (χ4n) is 9.18. The van der Waals surface area contributed by atoms with Gasteiger partial charge in [-0.3, -0.25) is 0 Å². The normalized spacial score (nSPS) is 22.4. The molecule has 0 radical (unpaired) electrons. The first-order valence-corrected chi connectivity index (χ1v) is 22.8. The minimum Gasteiger partial charge on any atom is -0.395 e. The van der Waals surface area contributed by atoms with Crippen molar-refractivity contribution in [2.75, 3.05) is 20.2 Å². The van der Waals surface area contributed by atoms with Gasteiger partial charge in [-0.25, -0.2) is 0 Å². The maximum absolute atomic E-state index is 9.40. The lowest BCUT2D eigenvalue weighted by Gasteiger charge is -2.54. The molecule has 2 aliphatic carbocycles. The molecule has 3 atom stereocenters. The molecule has 4 nitrogen and oxygen atoms in total. The summed E-state index contributed by atoms with van der Waals surface area (Å²) < 4.78 is 13.5. The largest absolute Gasteiger partial charge is 0.395 e. The van der Waals surface area contributed by atoms with Crippen LogP contribution in [0.3, 0.4) is 0 Å². The molecule has 1 saturated heterocycles. The summed E-state index contributed by atoms with van der Waals surface area (Å²) in [5, 5.41) is 9.40. The number of allylic oxidation sites excluding steroid dienone is 8. The molecule has 52 heavy (non-hydrogen) atoms. The highest BCUT2D eigenvalue weighted by Crippen LogP contribution is 2.61. The van der Waals surface area contributed by atoms with Gasteiger partial charge in [0.2, 0.25) is 0 Å². The third kappa shape index (κ3) is 18.4. The number of hydrogen-bond donors (Lipinski definition) is 1. The molecule has 3 rings (SSSR count). The lowest BCUT2D eigenvalue weighted by Crippen LogP contribution is -2.53. The van der Waals surface area contributed by atoms with E-state index in [0.29, 0.717) is 11.5 Å². The molecular weight excluding hydrogens is 639 g/mol. The predicted molar refractivity (Wildman–Crippen MR) is 225 cm³/mol. The van der Waals surface area contributed by atoms with E-state index in [9.17, 15) is 5.11 Å². The quantitative estimate of drug-likeness (QED) is 0.0541. The molecule has 3 fully saturated rings. The van der Waals surface area contributed by atoms with Crippen molar-refractivity contribution in [2.45, 2.75) is 231 Å². The molecule has 0 aromatic heterocycles. The van der Waals surface area contributed by atoms with E-state index >= 15 is 0 Å². The summed E-state index contributed by atoms with van der Waals surface area (Å²) in [5.74, 6) is -0.299. The van der Waals surface area contributed by atoms with Gasteiger partial charge in [-0.05, 0) is 102 Å². The van der Waals surface area contributed by atoms with Crippen LogP contribution in [-0.2, 0) is 9.47 Å². The number of rotatable bonds is 33. The van der Waals surface area contributed by atoms with Crippen molar-refractivity contribution in [3.63, 3.8) is 0 Å². The standard InChI is InChI=1S/C48H85NO3/c1-4-6-8-10-12-14-16-18-20-22-24-26-28-30-32-34-36-47(37-35-33-31-29-27-25-23-21-19-17-15-13-11-9-7-5-2)42-48(43-47)51-45-40-44(41-46(45)52-48)49(3)38-39-50/h12-15,18-21,44-46,50H,4-11,16-17,22-43H2,1-3H3/b14-12-,15-13-,20-18-,21-19-/t44-,45+,46-. The lowest BCUT2D eigenvalue weighted by atomic mass is 9.59. The van der Waals surface area contributed by atoms with Crippen LogP contribution in [0.25, 0.3) is 0 Å². The first-order chi connectivity index (χ1) is 25.6. The minimum atomic E-state index is -0.299. The van der Waals surface area contributed by atoms with Crippen LogP contribution in [0.15, 0.2) is 48.6 Å². The Kier molecular flexibility index (Phi) is 24.5. The summed E-state index contributed by atoms with van der Waals surface area (Å²) in [6, 6.07) is 0.473. The van der Waals surface area contributed by atoms with Crippen molar-refractivity contribution >= 4 is 0 Å². The van der Waals surface area contributed by atoms with Crippen LogP contribution in [0.1, 0.15) is 206 Å². The Bertz CT molecular complexity index is 912. The lowest BCUT2D eigenvalue weighted by molar-refractivity contribution is -0.281. The highest BCUT2D eigenvalue weighted by atomic mass is 16.8. The second-order valence-electron chi connectivity index (χ2n) is 17.1. The Morgan fingerprint density at radius 3 is 1.33 bits per heavy atom. The number of hydrogen-bond acceptors (Lipinski definition) is 4. The number of aliphatic hydroxyl groups excluding tert-OH is 1. The Balaban J connectivity index is 1.28. The van der Waals surface area contributed by atoms with Crippen LogP contribution in [0.5, 0.6) is 0 Å². The van der Waals surface area contributed by atoms with Crippen molar-refractivity contribution in [2.24, 2.45) is 5.41 Å². The van der Waals surface area contributed by atoms with Crippen LogP contribution in [0.2, 0.25) is 0 Å². The van der Waals surface area contributed by atoms with Gasteiger partial charge in [0, 0.05) is 25.4 Å². The van der Waals surface area contributed by atoms with Crippen molar-refractivity contribution in [3.05, 3.63) is 48.6 Å². The number of aliphatic hydroxyl groups is 1. The summed E-state index contributed by atoms with van der Waals surface area (Å²) in [6.07, 6.45) is 58.1. The van der Waals surface area contributed by atoms with Gasteiger partial charge in [0.15, 0.2) is 5.79 Å². The van der Waals surface area contributed by atoms with E-state index < -0.39 is 0 Å². The van der Waals surface area contributed by atoms with Gasteiger partial charge in [-0.1, -0.05) is 152 Å². The van der Waals surface area contributed by atoms with E-state index in [-0.39, 0.29) is 24.6 Å². The van der Waals surface area contributed by atoms with Gasteiger partial charge in [0.25, 0.3) is 0 Å². The predicted octanol–water partition coefficient (Wildman–Crippen LogP) is 13.7. The maximum Gasteiger partial charge on any atom is 0.170 e. The number of unbranched alkanes of at least 4 members (excludes halogenated alkanes) is 18. The first kappa shape index (κ1) is 45.2. The van der Waals surface area contributed by atoms with E-state index in [2.05, 4.69) is 74.4 Å². The smallest absolute Gasteiger partial charge is 0.170 e. The molecule has 0 aromatic carbocycles. The van der Waals surface area contributed by atoms with Crippen molar-refractivity contribution in [3.8, 4) is 0 Å². The number of fused-ring (bicyclic) bond motifs is 1. The summed E-state index contributed by atoms with van der Waals surface area (Å²) in [5.41, 5.74) is 0.427. The highest BCUT2D eigenvalue weighted by Gasteiger charge is 2.63. The first-order valence-electron chi connectivity index (χ1n) is 22.8. The highest BCUT2D eigenvalue weighted by molar-refractivity contribution is 5.07. The van der Waals surface area contributed by atoms with E-state index in [1.807, 2.05) is 0 Å². The SMILES string of the molecule is CCCCC/C=C\C/C=C\CCCCCCCCC1(CCCCCCCC/C=C\C/C=C\CCCCC)CC2(C1)O[C@H]1C[C@@H](N(C)CCO)C[C@H]1O2. The maximum atomic E-state index is 9.40. The van der Waals surface area contributed by atoms with Gasteiger partial charge < -0.3 is 19.5 Å². The Morgan fingerprint density at radius 1 is 0.538 bits per heavy atom. The summed E-state index contributed by atoms with van der Waals surface area (Å²) in [4.78, 5) is 2.29. The van der Waals surface area contributed by atoms with Crippen LogP contribution in [0, 0.1) is 5.41 Å². The number of ether oxygens (including phenoxy) is 2. The summed E-state index contributed by atoms with van der Waals surface area (Å²) in [7, 11) is 2.13. The average molecular weight is 724 g/mol. The molecule has 1 spiro atoms. The van der Waals surface area contributed by atoms with E-state index in [0.717, 1.165) is 45.1 Å². The van der Waals surface area contributed by atoms with Gasteiger partial charge >= 0.3 is 0 Å². The van der Waals surface area contributed by atoms with Crippen LogP contribution in [-0.4, -0.2) is 54.2 Å². The van der Waals surface area contributed by atoms with Crippen LogP contribution in [0.4, 0.5) is 0 Å². The van der Waals surface area contributed by atoms with Gasteiger partial charge in [-0.15, -0.1) is 0 Å². The van der Waals surface area contributed by atoms with E-state index in [1.54, 1.807) is 0 Å². The third-order valence-electron chi connectivity index (χ3n) is 12.3. The molecular formula is C48H85NO3. The molecule has 300 valence electrons. The fourth-order valence-corrected chi connectivity index (χ4v) is 9.18. The molecule has 1 aliphatic heterocycles. The molecule has 0 bridgehead atoms. The van der Waals surface area contributed by atoms with Crippen molar-refractivity contribution in [1.82, 2.24) is 4.90 Å². The zero-order valence-corrected chi connectivity index (χ0v) is 34.7. The molecule has 3 aliphatic rings. The Morgan fingerprint density at radius 2 is 0.923 bits per heavy atom. The Labute approximate surface area is 323 Å². The molecule has 1 heterocycles. The fraction of sp³-hybridized carbons (Fsp3) is 0.833. The van der Waals surface area contributed by atoms with E-state index in [1.165, 1.54) is 154 Å². The minimum absolute atomic E-state index is 0.222. The molecule has 0 aromatic rings. The van der Waals surface area contributed by atoms with Crippen molar-refractivity contribution in [1.29, 1.82) is 0 Å². The van der Waals surface area contributed by atoms with Gasteiger partial charge in [-0.2, -0.15) is 0 Å². The van der Waals surface area contributed by atoms with Crippen LogP contribution >= 0.6 is 0 Å². The molecule has 1 N–H and O–H groups in total. The molecule has 2 saturated carbocycles. The van der Waals surface area contributed by atoms with Crippen LogP contribution < -0.4 is 0 Å². The zero-order valence-electron chi connectivity index (χ0n) is 34.7. The third-order valence-corrected chi connectivity index (χ3v) is 12.3. The van der Waals surface area contributed by atoms with Gasteiger partial charge in [0.1, 0.15) is 0 Å². The summed E-state index contributed by atoms with van der Waals surface area (Å²) in [6.45, 7) is 5.50. The number of likely N-dealkylation sites (N-methyl/N-ethyl adjacent to an activating group) is 1. The monoisotopic (exact) mass is 724 g/mol. The average Bonchev–Trinajstić information content (AvgIpc) is 3.68. The Hall–Kier alpha value is -1.20. The second-order valence-corrected chi connectivity index (χ2v) is 17.1. The molecule has 4 heteroatoms. The van der Waals surface area contributed by atoms with E-state index in [4.69, 9.17) is 9.47 Å². The molecule has 0 amide bonds. The zero-order chi connectivity index (χ0) is 37.0. The summed E-state index contributed by atoms with van der Waals surface area (Å²) >= 11 is 0.